The maximum atomic E-state index is 9.00. The molecule has 0 aliphatic rings. The van der Waals surface area contributed by atoms with Crippen LogP contribution in [-0.4, -0.2) is 17.6 Å². The minimum Gasteiger partial charge on any atom is -0.481 e. The van der Waals surface area contributed by atoms with Crippen molar-refractivity contribution in [2.24, 2.45) is 5.73 Å². The predicted octanol–water partition coefficient (Wildman–Crippen LogP) is 0.673. The Hall–Kier alpha value is -1.45. The van der Waals surface area contributed by atoms with Crippen LogP contribution in [0.2, 0.25) is 0 Å². The molecule has 70 valence electrons. The average molecular weight is 172 g/mol. The summed E-state index contributed by atoms with van der Waals surface area (Å²) in [5, 5.41) is 10.3. The number of rotatable bonds is 3. The van der Waals surface area contributed by atoms with Gasteiger partial charge in [0.1, 0.15) is 0 Å². The van der Waals surface area contributed by atoms with Gasteiger partial charge in [-0.05, 0) is 13.0 Å². The quantitative estimate of drug-likeness (QED) is 0.547. The second kappa shape index (κ2) is 9.55. The lowest BCUT2D eigenvalue weighted by Gasteiger charge is -1.98. The minimum atomic E-state index is -0.833. The Morgan fingerprint density at radius 2 is 2.17 bits per heavy atom. The molecule has 12 heavy (non-hydrogen) atoms. The van der Waals surface area contributed by atoms with E-state index in [2.05, 4.69) is 11.9 Å². The summed E-state index contributed by atoms with van der Waals surface area (Å²) in [6.45, 7) is 7.22. The molecule has 0 aromatic heterocycles. The van der Waals surface area contributed by atoms with E-state index in [0.717, 1.165) is 13.5 Å². The van der Waals surface area contributed by atoms with E-state index in [1.54, 1.807) is 6.08 Å². The highest BCUT2D eigenvalue weighted by Crippen LogP contribution is 1.72. The van der Waals surface area contributed by atoms with Crippen LogP contribution in [0.4, 0.5) is 0 Å². The summed E-state index contributed by atoms with van der Waals surface area (Å²) in [4.78, 5) is 9.00. The topological polar surface area (TPSA) is 75.3 Å². The molecule has 4 nitrogen and oxygen atoms in total. The zero-order valence-corrected chi connectivity index (χ0v) is 7.50. The number of carboxylic acids is 1. The Morgan fingerprint density at radius 1 is 1.75 bits per heavy atom. The van der Waals surface area contributed by atoms with Crippen LogP contribution < -0.4 is 11.1 Å². The third-order valence-electron chi connectivity index (χ3n) is 0.762. The minimum absolute atomic E-state index is 0.699. The molecule has 0 rings (SSSR count). The monoisotopic (exact) mass is 172 g/mol. The Labute approximate surface area is 72.8 Å². The molecule has 4 N–H and O–H groups in total. The molecular weight excluding hydrogens is 156 g/mol. The number of hydrogen-bond donors (Lipinski definition) is 3. The summed E-state index contributed by atoms with van der Waals surface area (Å²) in [7, 11) is 0. The van der Waals surface area contributed by atoms with Gasteiger partial charge in [0.15, 0.2) is 0 Å². The number of hydrogen-bond acceptors (Lipinski definition) is 3. The second-order valence-electron chi connectivity index (χ2n) is 1.93. The fraction of sp³-hybridized carbons (Fsp3) is 0.375. The van der Waals surface area contributed by atoms with Gasteiger partial charge in [-0.25, -0.2) is 0 Å². The first-order chi connectivity index (χ1) is 5.54. The highest BCUT2D eigenvalue weighted by Gasteiger charge is 1.77. The second-order valence-corrected chi connectivity index (χ2v) is 1.93. The van der Waals surface area contributed by atoms with Crippen molar-refractivity contribution in [3.63, 3.8) is 0 Å². The summed E-state index contributed by atoms with van der Waals surface area (Å²) >= 11 is 0. The summed E-state index contributed by atoms with van der Waals surface area (Å²) in [5.74, 6) is -0.134. The van der Waals surface area contributed by atoms with Gasteiger partial charge in [0.05, 0.1) is 5.82 Å². The van der Waals surface area contributed by atoms with E-state index in [4.69, 9.17) is 15.6 Å². The van der Waals surface area contributed by atoms with Crippen LogP contribution >= 0.6 is 0 Å². The van der Waals surface area contributed by atoms with Crippen molar-refractivity contribution in [2.45, 2.75) is 13.8 Å². The van der Waals surface area contributed by atoms with Gasteiger partial charge in [0.25, 0.3) is 5.97 Å². The molecule has 0 aromatic rings. The summed E-state index contributed by atoms with van der Waals surface area (Å²) < 4.78 is 0. The SMILES string of the molecule is C=CCNC(N)=CC.CC(=O)O. The fourth-order valence-corrected chi connectivity index (χ4v) is 0.292. The van der Waals surface area contributed by atoms with Gasteiger partial charge in [-0.15, -0.1) is 6.58 Å². The van der Waals surface area contributed by atoms with Crippen LogP contribution in [0.15, 0.2) is 24.6 Å². The summed E-state index contributed by atoms with van der Waals surface area (Å²) in [6, 6.07) is 0. The van der Waals surface area contributed by atoms with E-state index in [1.165, 1.54) is 0 Å². The number of carbonyl (C=O) groups is 1. The lowest BCUT2D eigenvalue weighted by Crippen LogP contribution is -2.19. The molecule has 0 unspecified atom stereocenters. The molecule has 0 radical (unpaired) electrons. The smallest absolute Gasteiger partial charge is 0.300 e. The van der Waals surface area contributed by atoms with Gasteiger partial charge in [0.2, 0.25) is 0 Å². The van der Waals surface area contributed by atoms with Gasteiger partial charge < -0.3 is 16.2 Å². The maximum Gasteiger partial charge on any atom is 0.300 e. The van der Waals surface area contributed by atoms with E-state index in [1.807, 2.05) is 13.0 Å². The van der Waals surface area contributed by atoms with Crippen LogP contribution in [-0.2, 0) is 4.79 Å². The normalized spacial score (nSPS) is 9.33. The fourth-order valence-electron chi connectivity index (χ4n) is 0.292. The van der Waals surface area contributed by atoms with Gasteiger partial charge in [-0.3, -0.25) is 4.79 Å². The number of carboxylic acid groups (broad SMARTS) is 1. The van der Waals surface area contributed by atoms with E-state index >= 15 is 0 Å². The van der Waals surface area contributed by atoms with Crippen LogP contribution in [0.5, 0.6) is 0 Å². The van der Waals surface area contributed by atoms with E-state index < -0.39 is 5.97 Å². The Kier molecular flexibility index (Phi) is 10.5. The lowest BCUT2D eigenvalue weighted by molar-refractivity contribution is -0.134. The van der Waals surface area contributed by atoms with Gasteiger partial charge >= 0.3 is 0 Å². The Balaban J connectivity index is 0. The van der Waals surface area contributed by atoms with Crippen LogP contribution in [0.1, 0.15) is 13.8 Å². The first-order valence-electron chi connectivity index (χ1n) is 3.50. The molecule has 0 spiro atoms. The van der Waals surface area contributed by atoms with Crippen molar-refractivity contribution in [1.82, 2.24) is 5.32 Å². The number of nitrogens with one attached hydrogen (secondary N) is 1. The van der Waals surface area contributed by atoms with E-state index in [0.29, 0.717) is 5.82 Å². The van der Waals surface area contributed by atoms with Crippen LogP contribution in [0.3, 0.4) is 0 Å². The van der Waals surface area contributed by atoms with Crippen molar-refractivity contribution >= 4 is 5.97 Å². The van der Waals surface area contributed by atoms with Crippen LogP contribution in [0, 0.1) is 0 Å². The molecule has 0 saturated carbocycles. The molecule has 0 aliphatic heterocycles. The highest BCUT2D eigenvalue weighted by molar-refractivity contribution is 5.62. The van der Waals surface area contributed by atoms with Gasteiger partial charge in [-0.1, -0.05) is 6.08 Å². The maximum absolute atomic E-state index is 9.00. The highest BCUT2D eigenvalue weighted by atomic mass is 16.4. The average Bonchev–Trinajstić information content (AvgIpc) is 1.99. The molecule has 0 bridgehead atoms. The molecule has 0 atom stereocenters. The molecule has 0 heterocycles. The molecule has 0 amide bonds. The van der Waals surface area contributed by atoms with Crippen molar-refractivity contribution in [3.8, 4) is 0 Å². The molecule has 0 saturated heterocycles. The largest absolute Gasteiger partial charge is 0.481 e. The molecule has 0 aliphatic carbocycles. The van der Waals surface area contributed by atoms with Gasteiger partial charge in [0, 0.05) is 13.5 Å². The van der Waals surface area contributed by atoms with Gasteiger partial charge in [-0.2, -0.15) is 0 Å². The zero-order chi connectivity index (χ0) is 9.98. The van der Waals surface area contributed by atoms with E-state index in [9.17, 15) is 0 Å². The standard InChI is InChI=1S/C6H12N2.C2H4O2/c1-3-5-8-6(7)4-2;1-2(3)4/h3-4,8H,1,5,7H2,2H3;1H3,(H,3,4). The lowest BCUT2D eigenvalue weighted by atomic mass is 10.5. The zero-order valence-electron chi connectivity index (χ0n) is 7.50. The third kappa shape index (κ3) is 23.5. The molecule has 4 heteroatoms. The number of aliphatic carboxylic acids is 1. The molecule has 0 aromatic carbocycles. The number of allylic oxidation sites excluding steroid dienone is 1. The Morgan fingerprint density at radius 3 is 2.42 bits per heavy atom. The van der Waals surface area contributed by atoms with Crippen molar-refractivity contribution in [2.75, 3.05) is 6.54 Å². The predicted molar refractivity (Wildman–Crippen MR) is 49.5 cm³/mol. The van der Waals surface area contributed by atoms with Crippen molar-refractivity contribution < 1.29 is 9.90 Å². The Bertz CT molecular complexity index is 160. The van der Waals surface area contributed by atoms with Crippen molar-refractivity contribution in [1.29, 1.82) is 0 Å². The summed E-state index contributed by atoms with van der Waals surface area (Å²) in [5.41, 5.74) is 5.36. The third-order valence-corrected chi connectivity index (χ3v) is 0.762. The van der Waals surface area contributed by atoms with Crippen molar-refractivity contribution in [3.05, 3.63) is 24.6 Å². The first kappa shape index (κ1) is 13.2. The summed E-state index contributed by atoms with van der Waals surface area (Å²) in [6.07, 6.45) is 3.57. The van der Waals surface area contributed by atoms with Crippen LogP contribution in [0.25, 0.3) is 0 Å². The van der Waals surface area contributed by atoms with E-state index in [-0.39, 0.29) is 0 Å². The first-order valence-corrected chi connectivity index (χ1v) is 3.50. The molecular formula is C8H16N2O2. The number of nitrogens with two attached hydrogens (primary N) is 1. The molecule has 0 fully saturated rings.